The van der Waals surface area contributed by atoms with E-state index < -0.39 is 0 Å². The molecule has 7 aromatic carbocycles. The lowest BCUT2D eigenvalue weighted by Gasteiger charge is -2.19. The Morgan fingerprint density at radius 2 is 0.881 bits per heavy atom. The Kier molecular flexibility index (Phi) is 4.93. The highest BCUT2D eigenvalue weighted by atomic mass is 14.8. The van der Waals surface area contributed by atoms with Crippen LogP contribution in [0.1, 0.15) is 0 Å². The summed E-state index contributed by atoms with van der Waals surface area (Å²) in [7, 11) is 0. The lowest BCUT2D eigenvalue weighted by molar-refractivity contribution is 1.38. The number of aromatic nitrogens is 2. The molecule has 2 nitrogen and oxygen atoms in total. The average molecular weight is 533 g/mol. The van der Waals surface area contributed by atoms with Crippen LogP contribution in [0.2, 0.25) is 0 Å². The van der Waals surface area contributed by atoms with Gasteiger partial charge in [0.05, 0.1) is 16.7 Å². The molecule has 0 fully saturated rings. The Bertz CT molecular complexity index is 2470. The Morgan fingerprint density at radius 1 is 0.357 bits per heavy atom. The molecule has 0 N–H and O–H groups in total. The third-order valence-electron chi connectivity index (χ3n) is 8.66. The standard InChI is InChI=1S/C40H24N2/c1-2-12-28-27(10-1)24-35(30-14-4-3-13-29(28)30)37-31-15-5-7-17-33(31)38(34-18-8-6-16-32(34)37)36-22-21-26-20-19-25-11-9-23-41-39(25)40(26)42-36/h1-24H. The molecule has 0 saturated heterocycles. The molecular weight excluding hydrogens is 508 g/mol. The molecule has 0 spiro atoms. The Hall–Kier alpha value is -5.60. The number of nitrogens with zero attached hydrogens (tertiary/aromatic N) is 2. The van der Waals surface area contributed by atoms with E-state index in [1.165, 1.54) is 54.2 Å². The van der Waals surface area contributed by atoms with Crippen molar-refractivity contribution >= 4 is 64.9 Å². The van der Waals surface area contributed by atoms with Crippen LogP contribution < -0.4 is 0 Å². The molecule has 0 aliphatic carbocycles. The van der Waals surface area contributed by atoms with Crippen molar-refractivity contribution in [2.24, 2.45) is 0 Å². The van der Waals surface area contributed by atoms with Crippen LogP contribution >= 0.6 is 0 Å². The van der Waals surface area contributed by atoms with Gasteiger partial charge in [-0.15, -0.1) is 0 Å². The second-order valence-corrected chi connectivity index (χ2v) is 10.9. The Balaban J connectivity index is 1.44. The van der Waals surface area contributed by atoms with Crippen molar-refractivity contribution in [3.8, 4) is 22.4 Å². The van der Waals surface area contributed by atoms with Crippen molar-refractivity contribution in [2.45, 2.75) is 0 Å². The van der Waals surface area contributed by atoms with Gasteiger partial charge in [-0.2, -0.15) is 0 Å². The zero-order valence-electron chi connectivity index (χ0n) is 22.8. The summed E-state index contributed by atoms with van der Waals surface area (Å²) >= 11 is 0. The minimum Gasteiger partial charge on any atom is -0.254 e. The second kappa shape index (κ2) is 8.95. The Morgan fingerprint density at radius 3 is 1.60 bits per heavy atom. The van der Waals surface area contributed by atoms with Gasteiger partial charge in [0.25, 0.3) is 0 Å². The topological polar surface area (TPSA) is 25.8 Å². The van der Waals surface area contributed by atoms with Crippen LogP contribution in [-0.4, -0.2) is 9.97 Å². The third-order valence-corrected chi connectivity index (χ3v) is 8.66. The third kappa shape index (κ3) is 3.33. The summed E-state index contributed by atoms with van der Waals surface area (Å²) in [6.45, 7) is 0. The van der Waals surface area contributed by atoms with Crippen molar-refractivity contribution in [3.63, 3.8) is 0 Å². The maximum atomic E-state index is 5.30. The highest BCUT2D eigenvalue weighted by Gasteiger charge is 2.19. The first-order chi connectivity index (χ1) is 20.8. The van der Waals surface area contributed by atoms with E-state index in [0.717, 1.165) is 33.1 Å². The first kappa shape index (κ1) is 23.1. The van der Waals surface area contributed by atoms with Crippen molar-refractivity contribution < 1.29 is 0 Å². The summed E-state index contributed by atoms with van der Waals surface area (Å²) in [5, 5.41) is 12.1. The van der Waals surface area contributed by atoms with Gasteiger partial charge >= 0.3 is 0 Å². The second-order valence-electron chi connectivity index (χ2n) is 10.9. The van der Waals surface area contributed by atoms with Gasteiger partial charge in [0.15, 0.2) is 0 Å². The minimum atomic E-state index is 0.934. The maximum absolute atomic E-state index is 5.30. The van der Waals surface area contributed by atoms with Gasteiger partial charge in [0, 0.05) is 22.5 Å². The number of hydrogen-bond acceptors (Lipinski definition) is 2. The van der Waals surface area contributed by atoms with E-state index in [0.29, 0.717) is 0 Å². The molecule has 2 aromatic heterocycles. The SMILES string of the molecule is c1ccc2c(c1)cc(-c1c3ccccc3c(-c3ccc4ccc5cccnc5c4n3)c3ccccc13)c1ccccc12. The van der Waals surface area contributed by atoms with Crippen LogP contribution in [0, 0.1) is 0 Å². The zero-order valence-corrected chi connectivity index (χ0v) is 22.8. The largest absolute Gasteiger partial charge is 0.254 e. The molecule has 42 heavy (non-hydrogen) atoms. The van der Waals surface area contributed by atoms with E-state index in [4.69, 9.17) is 9.97 Å². The smallest absolute Gasteiger partial charge is 0.0972 e. The van der Waals surface area contributed by atoms with Gasteiger partial charge in [-0.25, -0.2) is 4.98 Å². The number of fused-ring (bicyclic) bond motifs is 8. The van der Waals surface area contributed by atoms with Crippen LogP contribution in [0.3, 0.4) is 0 Å². The van der Waals surface area contributed by atoms with E-state index in [1.54, 1.807) is 0 Å². The predicted molar refractivity (Wildman–Crippen MR) is 178 cm³/mol. The summed E-state index contributed by atoms with van der Waals surface area (Å²) in [5.41, 5.74) is 6.51. The molecule has 0 aliphatic rings. The van der Waals surface area contributed by atoms with Crippen LogP contribution in [-0.2, 0) is 0 Å². The van der Waals surface area contributed by atoms with Crippen LogP contribution in [0.4, 0.5) is 0 Å². The number of rotatable bonds is 2. The molecule has 9 aromatic rings. The van der Waals surface area contributed by atoms with Gasteiger partial charge in [-0.1, -0.05) is 121 Å². The molecule has 2 heterocycles. The number of benzene rings is 7. The first-order valence-corrected chi connectivity index (χ1v) is 14.3. The van der Waals surface area contributed by atoms with Crippen LogP contribution in [0.5, 0.6) is 0 Å². The van der Waals surface area contributed by atoms with E-state index >= 15 is 0 Å². The molecule has 2 heteroatoms. The van der Waals surface area contributed by atoms with E-state index in [1.807, 2.05) is 12.3 Å². The van der Waals surface area contributed by atoms with Gasteiger partial charge in [-0.3, -0.25) is 4.98 Å². The van der Waals surface area contributed by atoms with E-state index in [9.17, 15) is 0 Å². The number of pyridine rings is 2. The fourth-order valence-corrected chi connectivity index (χ4v) is 6.82. The zero-order chi connectivity index (χ0) is 27.6. The minimum absolute atomic E-state index is 0.934. The highest BCUT2D eigenvalue weighted by molar-refractivity contribution is 6.25. The fraction of sp³-hybridized carbons (Fsp3) is 0. The first-order valence-electron chi connectivity index (χ1n) is 14.3. The van der Waals surface area contributed by atoms with Crippen molar-refractivity contribution in [1.29, 1.82) is 0 Å². The lowest BCUT2D eigenvalue weighted by atomic mass is 9.84. The van der Waals surface area contributed by atoms with Gasteiger partial charge in [0.1, 0.15) is 0 Å². The number of hydrogen-bond donors (Lipinski definition) is 0. The average Bonchev–Trinajstić information content (AvgIpc) is 3.06. The monoisotopic (exact) mass is 532 g/mol. The lowest BCUT2D eigenvalue weighted by Crippen LogP contribution is -1.94. The Labute approximate surface area is 242 Å². The van der Waals surface area contributed by atoms with Gasteiger partial charge < -0.3 is 0 Å². The van der Waals surface area contributed by atoms with Gasteiger partial charge in [0.2, 0.25) is 0 Å². The molecule has 0 radical (unpaired) electrons. The molecule has 0 saturated carbocycles. The predicted octanol–water partition coefficient (Wildman–Crippen LogP) is 10.7. The molecule has 9 rings (SSSR count). The molecule has 0 unspecified atom stereocenters. The quantitative estimate of drug-likeness (QED) is 0.163. The molecular formula is C40H24N2. The summed E-state index contributed by atoms with van der Waals surface area (Å²) in [5.74, 6) is 0. The van der Waals surface area contributed by atoms with Crippen molar-refractivity contribution in [1.82, 2.24) is 9.97 Å². The van der Waals surface area contributed by atoms with Crippen LogP contribution in [0.15, 0.2) is 146 Å². The highest BCUT2D eigenvalue weighted by Crippen LogP contribution is 2.46. The van der Waals surface area contributed by atoms with E-state index in [2.05, 4.69) is 133 Å². The molecule has 0 bridgehead atoms. The molecule has 0 aliphatic heterocycles. The van der Waals surface area contributed by atoms with Crippen molar-refractivity contribution in [2.75, 3.05) is 0 Å². The molecule has 194 valence electrons. The van der Waals surface area contributed by atoms with Crippen molar-refractivity contribution in [3.05, 3.63) is 146 Å². The normalized spacial score (nSPS) is 11.8. The summed E-state index contributed by atoms with van der Waals surface area (Å²) < 4.78 is 0. The maximum Gasteiger partial charge on any atom is 0.0972 e. The fourth-order valence-electron chi connectivity index (χ4n) is 6.82. The van der Waals surface area contributed by atoms with Gasteiger partial charge in [-0.05, 0) is 72.4 Å². The summed E-state index contributed by atoms with van der Waals surface area (Å²) in [6.07, 6.45) is 1.85. The summed E-state index contributed by atoms with van der Waals surface area (Å²) in [4.78, 5) is 10.0. The molecule has 0 amide bonds. The van der Waals surface area contributed by atoms with E-state index in [-0.39, 0.29) is 0 Å². The summed E-state index contributed by atoms with van der Waals surface area (Å²) in [6, 6.07) is 50.2. The van der Waals surface area contributed by atoms with Crippen LogP contribution in [0.25, 0.3) is 87.3 Å². The molecule has 0 atom stereocenters.